The number of ether oxygens (including phenoxy) is 2. The van der Waals surface area contributed by atoms with Gasteiger partial charge in [-0.3, -0.25) is 9.00 Å². The maximum Gasteiger partial charge on any atom is 0.251 e. The first kappa shape index (κ1) is 19.4. The third-order valence-corrected chi connectivity index (χ3v) is 5.12. The lowest BCUT2D eigenvalue weighted by Crippen LogP contribution is -2.23. The van der Waals surface area contributed by atoms with Crippen LogP contribution in [-0.4, -0.2) is 29.1 Å². The van der Waals surface area contributed by atoms with Crippen LogP contribution < -0.4 is 14.8 Å². The van der Waals surface area contributed by atoms with Gasteiger partial charge in [0.05, 0.1) is 6.61 Å². The quantitative estimate of drug-likeness (QED) is 0.792. The van der Waals surface area contributed by atoms with E-state index in [2.05, 4.69) is 5.32 Å². The van der Waals surface area contributed by atoms with Gasteiger partial charge in [0, 0.05) is 52.5 Å². The van der Waals surface area contributed by atoms with Crippen LogP contribution in [0.3, 0.4) is 0 Å². The molecule has 0 spiro atoms. The normalized spacial score (nSPS) is 16.3. The fraction of sp³-hybridized carbons (Fsp3) is 0.381. The van der Waals surface area contributed by atoms with E-state index in [9.17, 15) is 9.00 Å². The maximum absolute atomic E-state index is 12.6. The molecule has 0 aliphatic carbocycles. The lowest BCUT2D eigenvalue weighted by Gasteiger charge is -2.13. The van der Waals surface area contributed by atoms with Gasteiger partial charge in [0.1, 0.15) is 17.6 Å². The predicted molar refractivity (Wildman–Crippen MR) is 107 cm³/mol. The van der Waals surface area contributed by atoms with E-state index >= 15 is 0 Å². The van der Waals surface area contributed by atoms with Gasteiger partial charge in [0.15, 0.2) is 0 Å². The molecule has 1 heterocycles. The van der Waals surface area contributed by atoms with E-state index in [0.29, 0.717) is 24.5 Å². The van der Waals surface area contributed by atoms with Crippen LogP contribution in [0.5, 0.6) is 11.5 Å². The molecule has 0 bridgehead atoms. The van der Waals surface area contributed by atoms with E-state index < -0.39 is 10.8 Å². The number of hydrogen-bond acceptors (Lipinski definition) is 4. The lowest BCUT2D eigenvalue weighted by atomic mass is 10.1. The van der Waals surface area contributed by atoms with E-state index in [-0.39, 0.29) is 12.0 Å². The average molecular weight is 388 g/mol. The van der Waals surface area contributed by atoms with E-state index in [4.69, 9.17) is 9.47 Å². The second-order valence-electron chi connectivity index (χ2n) is 6.73. The first-order valence-electron chi connectivity index (χ1n) is 9.08. The molecule has 2 atom stereocenters. The molecule has 0 radical (unpaired) electrons. The molecule has 1 N–H and O–H groups in total. The summed E-state index contributed by atoms with van der Waals surface area (Å²) in [5.41, 5.74) is 3.48. The first-order valence-corrected chi connectivity index (χ1v) is 10.8. The zero-order valence-electron chi connectivity index (χ0n) is 15.9. The summed E-state index contributed by atoms with van der Waals surface area (Å²) in [4.78, 5) is 12.6. The molecule has 1 amide bonds. The van der Waals surface area contributed by atoms with Crippen LogP contribution in [0.2, 0.25) is 0 Å². The highest BCUT2D eigenvalue weighted by molar-refractivity contribution is 7.83. The summed E-state index contributed by atoms with van der Waals surface area (Å²) in [5.74, 6) is 1.92. The number of hydrogen-bond donors (Lipinski definition) is 1. The summed E-state index contributed by atoms with van der Waals surface area (Å²) in [6, 6.07) is 11.2. The Bertz CT molecular complexity index is 865. The largest absolute Gasteiger partial charge is 0.494 e. The molecule has 1 aliphatic heterocycles. The topological polar surface area (TPSA) is 64.6 Å². The second kappa shape index (κ2) is 8.57. The Hall–Kier alpha value is -2.34. The Labute approximate surface area is 162 Å². The summed E-state index contributed by atoms with van der Waals surface area (Å²) in [6.07, 6.45) is 2.68. The highest BCUT2D eigenvalue weighted by Gasteiger charge is 2.22. The van der Waals surface area contributed by atoms with Crippen LogP contribution in [0.25, 0.3) is 0 Å². The molecular formula is C21H25NO4S. The fourth-order valence-corrected chi connectivity index (χ4v) is 3.87. The van der Waals surface area contributed by atoms with Gasteiger partial charge in [0.25, 0.3) is 5.91 Å². The van der Waals surface area contributed by atoms with Crippen molar-refractivity contribution in [1.29, 1.82) is 0 Å². The van der Waals surface area contributed by atoms with Crippen LogP contribution in [0.15, 0.2) is 36.4 Å². The molecule has 6 heteroatoms. The molecular weight excluding hydrogens is 362 g/mol. The third-order valence-electron chi connectivity index (χ3n) is 4.38. The molecule has 144 valence electrons. The van der Waals surface area contributed by atoms with Crippen molar-refractivity contribution in [3.8, 4) is 11.5 Å². The van der Waals surface area contributed by atoms with Gasteiger partial charge in [-0.05, 0) is 43.7 Å². The van der Waals surface area contributed by atoms with Gasteiger partial charge >= 0.3 is 0 Å². The summed E-state index contributed by atoms with van der Waals surface area (Å²) in [7, 11) is -0.942. The van der Waals surface area contributed by atoms with Gasteiger partial charge in [-0.15, -0.1) is 0 Å². The highest BCUT2D eigenvalue weighted by Crippen LogP contribution is 2.35. The minimum Gasteiger partial charge on any atom is -0.494 e. The molecule has 0 saturated heterocycles. The zero-order valence-corrected chi connectivity index (χ0v) is 16.7. The van der Waals surface area contributed by atoms with E-state index in [1.807, 2.05) is 38.1 Å². The molecule has 27 heavy (non-hydrogen) atoms. The number of benzene rings is 2. The molecule has 0 aromatic heterocycles. The lowest BCUT2D eigenvalue weighted by molar-refractivity contribution is 0.0950. The fourth-order valence-electron chi connectivity index (χ4n) is 3.22. The summed E-state index contributed by atoms with van der Waals surface area (Å²) >= 11 is 0. The molecule has 2 aromatic rings. The van der Waals surface area contributed by atoms with Gasteiger partial charge in [-0.25, -0.2) is 0 Å². The first-order chi connectivity index (χ1) is 13.0. The SMILES string of the molecule is CCOc1cc2c(cc1CNC(=O)c1cccc(C[S@@](C)=O)c1)O[C@H](C)C2. The maximum atomic E-state index is 12.6. The van der Waals surface area contributed by atoms with Crippen molar-refractivity contribution in [3.63, 3.8) is 0 Å². The number of carbonyl (C=O) groups excluding carboxylic acids is 1. The van der Waals surface area contributed by atoms with Crippen molar-refractivity contribution >= 4 is 16.7 Å². The Morgan fingerprint density at radius 3 is 2.89 bits per heavy atom. The van der Waals surface area contributed by atoms with Crippen molar-refractivity contribution < 1.29 is 18.5 Å². The third kappa shape index (κ3) is 4.89. The van der Waals surface area contributed by atoms with Crippen molar-refractivity contribution in [1.82, 2.24) is 5.32 Å². The van der Waals surface area contributed by atoms with Crippen molar-refractivity contribution in [2.75, 3.05) is 12.9 Å². The predicted octanol–water partition coefficient (Wildman–Crippen LogP) is 3.22. The molecule has 5 nitrogen and oxygen atoms in total. The second-order valence-corrected chi connectivity index (χ2v) is 8.17. The van der Waals surface area contributed by atoms with Crippen molar-refractivity contribution in [2.45, 2.75) is 38.7 Å². The number of amides is 1. The number of nitrogens with one attached hydrogen (secondary N) is 1. The number of carbonyl (C=O) groups is 1. The van der Waals surface area contributed by atoms with Crippen LogP contribution in [-0.2, 0) is 29.5 Å². The Morgan fingerprint density at radius 2 is 2.15 bits per heavy atom. The molecule has 0 saturated carbocycles. The monoisotopic (exact) mass is 387 g/mol. The smallest absolute Gasteiger partial charge is 0.251 e. The Balaban J connectivity index is 1.73. The minimum absolute atomic E-state index is 0.158. The van der Waals surface area contributed by atoms with E-state index in [1.165, 1.54) is 0 Å². The molecule has 1 aliphatic rings. The standard InChI is InChI=1S/C21H25NO4S/c1-4-25-19-10-17-8-14(2)26-20(17)11-18(19)12-22-21(23)16-7-5-6-15(9-16)13-27(3)24/h5-7,9-11,14H,4,8,12-13H2,1-3H3,(H,22,23)/t14-,27-/m1/s1. The van der Waals surface area contributed by atoms with E-state index in [1.54, 1.807) is 18.4 Å². The van der Waals surface area contributed by atoms with Crippen LogP contribution >= 0.6 is 0 Å². The summed E-state index contributed by atoms with van der Waals surface area (Å²) in [5, 5.41) is 2.95. The van der Waals surface area contributed by atoms with Gasteiger partial charge in [-0.2, -0.15) is 0 Å². The van der Waals surface area contributed by atoms with Crippen molar-refractivity contribution in [2.24, 2.45) is 0 Å². The van der Waals surface area contributed by atoms with Crippen LogP contribution in [0, 0.1) is 0 Å². The van der Waals surface area contributed by atoms with Gasteiger partial charge < -0.3 is 14.8 Å². The van der Waals surface area contributed by atoms with Gasteiger partial charge in [0.2, 0.25) is 0 Å². The molecule has 0 fully saturated rings. The van der Waals surface area contributed by atoms with Crippen molar-refractivity contribution in [3.05, 3.63) is 58.7 Å². The highest BCUT2D eigenvalue weighted by atomic mass is 32.2. The zero-order chi connectivity index (χ0) is 19.4. The molecule has 0 unspecified atom stereocenters. The van der Waals surface area contributed by atoms with Crippen LogP contribution in [0.4, 0.5) is 0 Å². The van der Waals surface area contributed by atoms with Gasteiger partial charge in [-0.1, -0.05) is 12.1 Å². The summed E-state index contributed by atoms with van der Waals surface area (Å²) in [6.45, 7) is 4.89. The average Bonchev–Trinajstić information content (AvgIpc) is 2.98. The molecule has 3 rings (SSSR count). The minimum atomic E-state index is -0.942. The molecule has 2 aromatic carbocycles. The van der Waals surface area contributed by atoms with Crippen LogP contribution in [0.1, 0.15) is 40.9 Å². The number of rotatable bonds is 7. The van der Waals surface area contributed by atoms with E-state index in [0.717, 1.165) is 34.6 Å². The number of fused-ring (bicyclic) bond motifs is 1. The Morgan fingerprint density at radius 1 is 1.33 bits per heavy atom. The summed E-state index contributed by atoms with van der Waals surface area (Å²) < 4.78 is 23.0. The Kier molecular flexibility index (Phi) is 6.16.